The summed E-state index contributed by atoms with van der Waals surface area (Å²) in [5.41, 5.74) is -1.65. The van der Waals surface area contributed by atoms with E-state index >= 15 is 0 Å². The van der Waals surface area contributed by atoms with Gasteiger partial charge in [-0.1, -0.05) is 0 Å². The highest BCUT2D eigenvalue weighted by Gasteiger charge is 2.43. The van der Waals surface area contributed by atoms with Gasteiger partial charge < -0.3 is 14.4 Å². The van der Waals surface area contributed by atoms with Crippen LogP contribution in [0.2, 0.25) is 0 Å². The maximum atomic E-state index is 14.3. The Labute approximate surface area is 225 Å². The van der Waals surface area contributed by atoms with Gasteiger partial charge in [0.15, 0.2) is 11.5 Å². The molecule has 1 amide bonds. The Hall–Kier alpha value is -4.03. The fourth-order valence-corrected chi connectivity index (χ4v) is 5.18. The molecular weight excluding hydrogens is 541 g/mol. The van der Waals surface area contributed by atoms with Gasteiger partial charge in [-0.3, -0.25) is 19.1 Å². The number of furan rings is 1. The maximum absolute atomic E-state index is 14.3. The Morgan fingerprint density at radius 2 is 1.70 bits per heavy atom. The van der Waals surface area contributed by atoms with Crippen molar-refractivity contribution >= 4 is 17.7 Å². The van der Waals surface area contributed by atoms with Gasteiger partial charge in [0.1, 0.15) is 17.4 Å². The highest BCUT2D eigenvalue weighted by atomic mass is 19.4. The van der Waals surface area contributed by atoms with E-state index < -0.39 is 71.8 Å². The standard InChI is InChI=1S/C27H26F5N3O5/c1-14-13-40-15(2)23(14)22(36)12-34(11-16-7-18(28)9-19(29)8-16)25(37)21-10-33-35(24(21)27(30,31)32)20-5-3-17(4-6-20)26(38)39/h7-10,13,17,20H,3-6,11-12H2,1-2H3,(H,38,39)/t17-,20-. The fourth-order valence-electron chi connectivity index (χ4n) is 5.18. The number of carbonyl (C=O) groups is 3. The van der Waals surface area contributed by atoms with Gasteiger partial charge >= 0.3 is 12.1 Å². The quantitative estimate of drug-likeness (QED) is 0.275. The van der Waals surface area contributed by atoms with Gasteiger partial charge in [0, 0.05) is 12.6 Å². The first-order chi connectivity index (χ1) is 18.8. The molecule has 0 bridgehead atoms. The Kier molecular flexibility index (Phi) is 8.13. The number of amides is 1. The number of nitrogens with zero attached hydrogens (tertiary/aromatic N) is 3. The number of carboxylic acids is 1. The van der Waals surface area contributed by atoms with E-state index in [1.807, 2.05) is 0 Å². The number of alkyl halides is 3. The van der Waals surface area contributed by atoms with E-state index in [9.17, 15) is 41.4 Å². The molecule has 8 nitrogen and oxygen atoms in total. The third-order valence-corrected chi connectivity index (χ3v) is 7.04. The van der Waals surface area contributed by atoms with Crippen LogP contribution in [0.5, 0.6) is 0 Å². The van der Waals surface area contributed by atoms with E-state index in [1.165, 1.54) is 13.2 Å². The lowest BCUT2D eigenvalue weighted by molar-refractivity contribution is -0.147. The van der Waals surface area contributed by atoms with Crippen LogP contribution in [-0.4, -0.2) is 44.0 Å². The lowest BCUT2D eigenvalue weighted by Gasteiger charge is -2.28. The Morgan fingerprint density at radius 1 is 1.07 bits per heavy atom. The normalized spacial score (nSPS) is 17.6. The molecule has 13 heteroatoms. The third-order valence-electron chi connectivity index (χ3n) is 7.04. The van der Waals surface area contributed by atoms with E-state index in [1.54, 1.807) is 6.92 Å². The van der Waals surface area contributed by atoms with Gasteiger partial charge in [0.05, 0.1) is 42.1 Å². The molecule has 2 heterocycles. The van der Waals surface area contributed by atoms with Crippen LogP contribution in [0.1, 0.15) is 75.0 Å². The largest absolute Gasteiger partial charge is 0.481 e. The van der Waals surface area contributed by atoms with Crippen LogP contribution in [0.4, 0.5) is 22.0 Å². The Bertz CT molecular complexity index is 1400. The number of aliphatic carboxylic acids is 1. The number of carboxylic acid groups (broad SMARTS) is 1. The van der Waals surface area contributed by atoms with Gasteiger partial charge in [-0.15, -0.1) is 0 Å². The fraction of sp³-hybridized carbons (Fsp3) is 0.407. The highest BCUT2D eigenvalue weighted by Crippen LogP contribution is 2.39. The molecule has 0 unspecified atom stereocenters. The van der Waals surface area contributed by atoms with Crippen LogP contribution in [0.15, 0.2) is 35.1 Å². The minimum Gasteiger partial charge on any atom is -0.481 e. The van der Waals surface area contributed by atoms with Gasteiger partial charge in [-0.25, -0.2) is 8.78 Å². The lowest BCUT2D eigenvalue weighted by Crippen LogP contribution is -2.37. The highest BCUT2D eigenvalue weighted by molar-refractivity contribution is 6.03. The molecule has 0 atom stereocenters. The van der Waals surface area contributed by atoms with Gasteiger partial charge in [0.2, 0.25) is 0 Å². The van der Waals surface area contributed by atoms with Crippen LogP contribution in [0.3, 0.4) is 0 Å². The first kappa shape index (κ1) is 29.0. The Balaban J connectivity index is 1.71. The molecule has 3 aromatic rings. The zero-order valence-corrected chi connectivity index (χ0v) is 21.6. The van der Waals surface area contributed by atoms with E-state index in [2.05, 4.69) is 5.10 Å². The molecule has 1 fully saturated rings. The van der Waals surface area contributed by atoms with E-state index in [4.69, 9.17) is 4.42 Å². The van der Waals surface area contributed by atoms with Crippen molar-refractivity contribution in [2.75, 3.05) is 6.54 Å². The van der Waals surface area contributed by atoms with E-state index in [0.717, 1.165) is 23.2 Å². The van der Waals surface area contributed by atoms with Crippen molar-refractivity contribution in [1.29, 1.82) is 0 Å². The van der Waals surface area contributed by atoms with Gasteiger partial charge in [0.25, 0.3) is 5.91 Å². The smallest absolute Gasteiger partial charge is 0.433 e. The molecule has 1 aliphatic rings. The van der Waals surface area contributed by atoms with E-state index in [-0.39, 0.29) is 42.6 Å². The summed E-state index contributed by atoms with van der Waals surface area (Å²) in [6.45, 7) is 1.83. The molecule has 2 aromatic heterocycles. The second kappa shape index (κ2) is 11.2. The number of hydrogen-bond acceptors (Lipinski definition) is 5. The molecule has 1 aromatic carbocycles. The molecule has 1 saturated carbocycles. The minimum atomic E-state index is -5.02. The number of Topliss-reactive ketones (excluding diaryl/α,β-unsaturated/α-hetero) is 1. The molecule has 40 heavy (non-hydrogen) atoms. The number of rotatable bonds is 8. The molecule has 214 valence electrons. The Morgan fingerprint density at radius 3 is 2.23 bits per heavy atom. The van der Waals surface area contributed by atoms with Gasteiger partial charge in [-0.05, 0) is 62.8 Å². The molecule has 0 aliphatic heterocycles. The zero-order valence-electron chi connectivity index (χ0n) is 21.6. The summed E-state index contributed by atoms with van der Waals surface area (Å²) in [6, 6.07) is 1.63. The second-order valence-electron chi connectivity index (χ2n) is 9.90. The number of carbonyl (C=O) groups excluding carboxylic acids is 2. The van der Waals surface area contributed by atoms with Crippen molar-refractivity contribution in [3.8, 4) is 0 Å². The van der Waals surface area contributed by atoms with Crippen molar-refractivity contribution < 1.29 is 45.9 Å². The van der Waals surface area contributed by atoms with Crippen LogP contribution >= 0.6 is 0 Å². The number of halogens is 5. The second-order valence-corrected chi connectivity index (χ2v) is 9.90. The molecular formula is C27H26F5N3O5. The van der Waals surface area contributed by atoms with Crippen LogP contribution in [0, 0.1) is 31.4 Å². The molecule has 0 spiro atoms. The summed E-state index contributed by atoms with van der Waals surface area (Å²) in [6.07, 6.45) is -2.43. The summed E-state index contributed by atoms with van der Waals surface area (Å²) in [7, 11) is 0. The summed E-state index contributed by atoms with van der Waals surface area (Å²) in [4.78, 5) is 38.8. The van der Waals surface area contributed by atoms with Crippen molar-refractivity contribution in [2.24, 2.45) is 5.92 Å². The van der Waals surface area contributed by atoms with Crippen molar-refractivity contribution in [3.05, 3.63) is 76.0 Å². The lowest BCUT2D eigenvalue weighted by atomic mass is 9.86. The molecule has 1 N–H and O–H groups in total. The summed E-state index contributed by atoms with van der Waals surface area (Å²) < 4.78 is 76.7. The topological polar surface area (TPSA) is 106 Å². The summed E-state index contributed by atoms with van der Waals surface area (Å²) in [5, 5.41) is 13.1. The number of hydrogen-bond donors (Lipinski definition) is 1. The van der Waals surface area contributed by atoms with Crippen molar-refractivity contribution in [3.63, 3.8) is 0 Å². The van der Waals surface area contributed by atoms with Crippen molar-refractivity contribution in [1.82, 2.24) is 14.7 Å². The summed E-state index contributed by atoms with van der Waals surface area (Å²) >= 11 is 0. The third kappa shape index (κ3) is 6.07. The molecule has 4 rings (SSSR count). The van der Waals surface area contributed by atoms with Gasteiger partial charge in [-0.2, -0.15) is 18.3 Å². The van der Waals surface area contributed by atoms with E-state index in [0.29, 0.717) is 16.3 Å². The molecule has 0 radical (unpaired) electrons. The van der Waals surface area contributed by atoms with Crippen LogP contribution < -0.4 is 0 Å². The first-order valence-corrected chi connectivity index (χ1v) is 12.5. The first-order valence-electron chi connectivity index (χ1n) is 12.5. The minimum absolute atomic E-state index is 0.0766. The predicted octanol–water partition coefficient (Wildman–Crippen LogP) is 5.73. The maximum Gasteiger partial charge on any atom is 0.433 e. The number of ketones is 1. The molecule has 0 saturated heterocycles. The van der Waals surface area contributed by atoms with Crippen LogP contribution in [-0.2, 0) is 17.5 Å². The summed E-state index contributed by atoms with van der Waals surface area (Å²) in [5.74, 6) is -5.23. The number of aromatic nitrogens is 2. The predicted molar refractivity (Wildman–Crippen MR) is 129 cm³/mol. The van der Waals surface area contributed by atoms with Crippen molar-refractivity contribution in [2.45, 2.75) is 58.3 Å². The number of benzene rings is 1. The average molecular weight is 568 g/mol. The average Bonchev–Trinajstić information content (AvgIpc) is 3.46. The zero-order chi connectivity index (χ0) is 29.4. The SMILES string of the molecule is Cc1coc(C)c1C(=O)CN(Cc1cc(F)cc(F)c1)C(=O)c1cnn([C@H]2CC[C@H](C(=O)O)CC2)c1C(F)(F)F. The van der Waals surface area contributed by atoms with Crippen LogP contribution in [0.25, 0.3) is 0 Å². The monoisotopic (exact) mass is 567 g/mol. The number of aryl methyl sites for hydroxylation is 2. The molecule has 1 aliphatic carbocycles.